The Hall–Kier alpha value is -3.11. The molecular formula is C19H12ClF3N2O4S. The number of anilines is 1. The van der Waals surface area contributed by atoms with Crippen LogP contribution < -0.4 is 9.46 Å². The van der Waals surface area contributed by atoms with E-state index in [9.17, 15) is 26.4 Å². The molecule has 0 aliphatic heterocycles. The molecule has 0 radical (unpaired) electrons. The Kier molecular flexibility index (Phi) is 5.99. The molecule has 0 amide bonds. The number of carbonyl (C=O) groups is 1. The predicted octanol–water partition coefficient (Wildman–Crippen LogP) is 4.67. The normalized spacial score (nSPS) is 11.7. The van der Waals surface area contributed by atoms with Gasteiger partial charge in [0.25, 0.3) is 10.0 Å². The second-order valence-electron chi connectivity index (χ2n) is 5.88. The number of hydrogen-bond acceptors (Lipinski definition) is 5. The summed E-state index contributed by atoms with van der Waals surface area (Å²) < 4.78 is 68.1. The second kappa shape index (κ2) is 8.33. The number of nitrogens with zero attached hydrogens (tertiary/aromatic N) is 1. The van der Waals surface area contributed by atoms with Gasteiger partial charge in [-0.2, -0.15) is 0 Å². The van der Waals surface area contributed by atoms with Gasteiger partial charge in [0, 0.05) is 28.5 Å². The van der Waals surface area contributed by atoms with Crippen molar-refractivity contribution in [3.63, 3.8) is 0 Å². The van der Waals surface area contributed by atoms with Crippen LogP contribution in [0.5, 0.6) is 5.75 Å². The van der Waals surface area contributed by atoms with E-state index in [0.29, 0.717) is 0 Å². The SMILES string of the molecule is O=C(c1ccncc1)c1cc(Cl)ccc1NS(=O)(=O)c1ccc(OC(F)(F)F)cc1. The molecule has 1 heterocycles. The number of pyridine rings is 1. The molecule has 0 bridgehead atoms. The first-order valence-electron chi connectivity index (χ1n) is 8.18. The molecule has 3 aromatic rings. The van der Waals surface area contributed by atoms with Crippen molar-refractivity contribution in [2.75, 3.05) is 4.72 Å². The zero-order chi connectivity index (χ0) is 21.9. The van der Waals surface area contributed by atoms with E-state index >= 15 is 0 Å². The monoisotopic (exact) mass is 456 g/mol. The highest BCUT2D eigenvalue weighted by Crippen LogP contribution is 2.28. The number of nitrogens with one attached hydrogen (secondary N) is 1. The van der Waals surface area contributed by atoms with Gasteiger partial charge < -0.3 is 4.74 Å². The van der Waals surface area contributed by atoms with Crippen LogP contribution in [0.3, 0.4) is 0 Å². The second-order valence-corrected chi connectivity index (χ2v) is 8.00. The minimum Gasteiger partial charge on any atom is -0.406 e. The van der Waals surface area contributed by atoms with Gasteiger partial charge in [-0.05, 0) is 54.6 Å². The highest BCUT2D eigenvalue weighted by atomic mass is 35.5. The van der Waals surface area contributed by atoms with E-state index in [1.54, 1.807) is 0 Å². The highest BCUT2D eigenvalue weighted by molar-refractivity contribution is 7.92. The van der Waals surface area contributed by atoms with Crippen molar-refractivity contribution in [2.24, 2.45) is 0 Å². The number of ketones is 1. The average Bonchev–Trinajstić information content (AvgIpc) is 2.68. The minimum atomic E-state index is -4.90. The van der Waals surface area contributed by atoms with Crippen LogP contribution in [-0.4, -0.2) is 25.5 Å². The Balaban J connectivity index is 1.91. The third-order valence-electron chi connectivity index (χ3n) is 3.78. The Labute approximate surface area is 174 Å². The zero-order valence-electron chi connectivity index (χ0n) is 14.9. The van der Waals surface area contributed by atoms with Crippen molar-refractivity contribution in [3.05, 3.63) is 83.1 Å². The number of hydrogen-bond donors (Lipinski definition) is 1. The molecule has 30 heavy (non-hydrogen) atoms. The van der Waals surface area contributed by atoms with E-state index in [1.807, 2.05) is 0 Å². The Morgan fingerprint density at radius 1 is 1.00 bits per heavy atom. The summed E-state index contributed by atoms with van der Waals surface area (Å²) in [6.07, 6.45) is -2.08. The fourth-order valence-electron chi connectivity index (χ4n) is 2.48. The molecule has 2 aromatic carbocycles. The quantitative estimate of drug-likeness (QED) is 0.545. The van der Waals surface area contributed by atoms with Gasteiger partial charge in [-0.15, -0.1) is 13.2 Å². The Morgan fingerprint density at radius 3 is 2.23 bits per heavy atom. The van der Waals surface area contributed by atoms with Gasteiger partial charge in [0.1, 0.15) is 5.75 Å². The first-order chi connectivity index (χ1) is 14.0. The summed E-state index contributed by atoms with van der Waals surface area (Å²) in [6.45, 7) is 0. The van der Waals surface area contributed by atoms with Crippen LogP contribution in [0, 0.1) is 0 Å². The van der Waals surface area contributed by atoms with Crippen LogP contribution in [0.25, 0.3) is 0 Å². The maximum Gasteiger partial charge on any atom is 0.573 e. The van der Waals surface area contributed by atoms with Gasteiger partial charge >= 0.3 is 6.36 Å². The molecule has 0 spiro atoms. The van der Waals surface area contributed by atoms with Crippen molar-refractivity contribution in [2.45, 2.75) is 11.3 Å². The van der Waals surface area contributed by atoms with Gasteiger partial charge in [-0.25, -0.2) is 8.42 Å². The van der Waals surface area contributed by atoms with Crippen LogP contribution in [0.2, 0.25) is 5.02 Å². The van der Waals surface area contributed by atoms with Crippen molar-refractivity contribution in [1.29, 1.82) is 0 Å². The lowest BCUT2D eigenvalue weighted by atomic mass is 10.0. The summed E-state index contributed by atoms with van der Waals surface area (Å²) >= 11 is 5.96. The van der Waals surface area contributed by atoms with Crippen molar-refractivity contribution in [1.82, 2.24) is 4.98 Å². The topological polar surface area (TPSA) is 85.4 Å². The summed E-state index contributed by atoms with van der Waals surface area (Å²) in [4.78, 5) is 16.3. The van der Waals surface area contributed by atoms with Crippen LogP contribution in [0.1, 0.15) is 15.9 Å². The summed E-state index contributed by atoms with van der Waals surface area (Å²) in [5.41, 5.74) is 0.215. The summed E-state index contributed by atoms with van der Waals surface area (Å²) in [6, 6.07) is 10.6. The Morgan fingerprint density at radius 2 is 1.63 bits per heavy atom. The van der Waals surface area contributed by atoms with Gasteiger partial charge in [-0.3, -0.25) is 14.5 Å². The van der Waals surface area contributed by atoms with Gasteiger partial charge in [0.2, 0.25) is 0 Å². The van der Waals surface area contributed by atoms with Crippen LogP contribution in [-0.2, 0) is 10.0 Å². The smallest absolute Gasteiger partial charge is 0.406 e. The third-order valence-corrected chi connectivity index (χ3v) is 5.40. The molecule has 6 nitrogen and oxygen atoms in total. The maximum absolute atomic E-state index is 12.8. The lowest BCUT2D eigenvalue weighted by Gasteiger charge is -2.13. The van der Waals surface area contributed by atoms with E-state index in [4.69, 9.17) is 11.6 Å². The summed E-state index contributed by atoms with van der Waals surface area (Å²) in [5.74, 6) is -1.06. The Bertz CT molecular complexity index is 1170. The third kappa shape index (κ3) is 5.28. The predicted molar refractivity (Wildman–Crippen MR) is 103 cm³/mol. The zero-order valence-corrected chi connectivity index (χ0v) is 16.4. The first-order valence-corrected chi connectivity index (χ1v) is 10.0. The van der Waals surface area contributed by atoms with E-state index < -0.39 is 27.9 Å². The lowest BCUT2D eigenvalue weighted by molar-refractivity contribution is -0.274. The molecule has 11 heteroatoms. The fraction of sp³-hybridized carbons (Fsp3) is 0.0526. The van der Waals surface area contributed by atoms with Gasteiger partial charge in [0.15, 0.2) is 5.78 Å². The molecule has 0 unspecified atom stereocenters. The molecule has 0 saturated carbocycles. The number of halogens is 4. The van der Waals surface area contributed by atoms with Crippen molar-refractivity contribution >= 4 is 33.1 Å². The summed E-state index contributed by atoms with van der Waals surface area (Å²) in [5, 5.41) is 0.212. The number of rotatable bonds is 6. The van der Waals surface area contributed by atoms with Crippen LogP contribution in [0.15, 0.2) is 71.9 Å². The van der Waals surface area contributed by atoms with Crippen LogP contribution in [0.4, 0.5) is 18.9 Å². The van der Waals surface area contributed by atoms with E-state index in [1.165, 1.54) is 42.7 Å². The average molecular weight is 457 g/mol. The number of sulfonamides is 1. The number of benzene rings is 2. The molecule has 1 N–H and O–H groups in total. The van der Waals surface area contributed by atoms with Crippen molar-refractivity contribution < 1.29 is 31.1 Å². The lowest BCUT2D eigenvalue weighted by Crippen LogP contribution is -2.18. The standard InChI is InChI=1S/C19H12ClF3N2O4S/c20-13-1-6-17(16(11-13)18(26)12-7-9-24-10-8-12)25-30(27,28)15-4-2-14(3-5-15)29-19(21,22)23/h1-11,25H. The first kappa shape index (κ1) is 21.6. The molecule has 0 saturated heterocycles. The highest BCUT2D eigenvalue weighted by Gasteiger charge is 2.31. The molecule has 1 aromatic heterocycles. The van der Waals surface area contributed by atoms with E-state index in [0.717, 1.165) is 24.3 Å². The van der Waals surface area contributed by atoms with E-state index in [-0.39, 0.29) is 26.7 Å². The van der Waals surface area contributed by atoms with Gasteiger partial charge in [-0.1, -0.05) is 11.6 Å². The number of carbonyl (C=O) groups excluding carboxylic acids is 1. The van der Waals surface area contributed by atoms with E-state index in [2.05, 4.69) is 14.4 Å². The number of aromatic nitrogens is 1. The molecule has 0 aliphatic rings. The van der Waals surface area contributed by atoms with Crippen LogP contribution >= 0.6 is 11.6 Å². The molecular weight excluding hydrogens is 445 g/mol. The molecule has 0 aliphatic carbocycles. The molecule has 0 atom stereocenters. The molecule has 0 fully saturated rings. The summed E-state index contributed by atoms with van der Waals surface area (Å²) in [7, 11) is -4.22. The molecule has 156 valence electrons. The number of ether oxygens (including phenoxy) is 1. The largest absolute Gasteiger partial charge is 0.573 e. The van der Waals surface area contributed by atoms with Crippen molar-refractivity contribution in [3.8, 4) is 5.75 Å². The fourth-order valence-corrected chi connectivity index (χ4v) is 3.73. The maximum atomic E-state index is 12.8. The van der Waals surface area contributed by atoms with Gasteiger partial charge in [0.05, 0.1) is 10.6 Å². The number of alkyl halides is 3. The minimum absolute atomic E-state index is 0.00528. The molecule has 3 rings (SSSR count).